The second kappa shape index (κ2) is 12.5. The highest BCUT2D eigenvalue weighted by Gasteiger charge is 2.39. The molecule has 0 spiro atoms. The van der Waals surface area contributed by atoms with Gasteiger partial charge in [0, 0.05) is 51.2 Å². The van der Waals surface area contributed by atoms with Crippen LogP contribution in [0.15, 0.2) is 54.9 Å². The van der Waals surface area contributed by atoms with Crippen LogP contribution in [0.4, 0.5) is 4.79 Å². The van der Waals surface area contributed by atoms with E-state index < -0.39 is 0 Å². The molecular formula is C27H37N5O2. The molecule has 0 saturated carbocycles. The van der Waals surface area contributed by atoms with Gasteiger partial charge in [-0.2, -0.15) is 0 Å². The van der Waals surface area contributed by atoms with E-state index in [1.165, 1.54) is 11.1 Å². The number of rotatable bonds is 5. The van der Waals surface area contributed by atoms with Crippen molar-refractivity contribution in [3.05, 3.63) is 66.0 Å². The molecule has 2 aliphatic rings. The lowest BCUT2D eigenvalue weighted by atomic mass is 9.89. The second-order valence-electron chi connectivity index (χ2n) is 9.41. The van der Waals surface area contributed by atoms with Crippen molar-refractivity contribution in [2.75, 3.05) is 32.7 Å². The van der Waals surface area contributed by atoms with Crippen LogP contribution in [0.2, 0.25) is 0 Å². The highest BCUT2D eigenvalue weighted by molar-refractivity contribution is 5.80. The maximum atomic E-state index is 13.1. The Morgan fingerprint density at radius 1 is 1.00 bits per heavy atom. The molecule has 2 aromatic rings. The van der Waals surface area contributed by atoms with E-state index >= 15 is 0 Å². The standard InChI is InChI=1S/C27H37N5O2/c33-26-24-13-19-32(27(34)30-17-12-22-8-4-3-5-9-22)21-25(24)31(18-7-2-1-6-14-29-26)20-23-10-15-28-16-11-23/h3-5,8-11,15-16,24-25H,1-2,6-7,12-14,17-21H2,(H,29,33)(H,30,34)/t24-,25-/m1/s1. The van der Waals surface area contributed by atoms with E-state index in [2.05, 4.69) is 32.7 Å². The Balaban J connectivity index is 1.45. The zero-order valence-corrected chi connectivity index (χ0v) is 20.0. The summed E-state index contributed by atoms with van der Waals surface area (Å²) in [6.45, 7) is 4.22. The number of likely N-dealkylation sites (tertiary alicyclic amines) is 1. The predicted octanol–water partition coefficient (Wildman–Crippen LogP) is 3.22. The van der Waals surface area contributed by atoms with Crippen LogP contribution in [-0.2, 0) is 17.8 Å². The predicted molar refractivity (Wildman–Crippen MR) is 133 cm³/mol. The fraction of sp³-hybridized carbons (Fsp3) is 0.519. The fourth-order valence-corrected chi connectivity index (χ4v) is 5.08. The van der Waals surface area contributed by atoms with E-state index in [4.69, 9.17) is 0 Å². The van der Waals surface area contributed by atoms with E-state index in [-0.39, 0.29) is 23.9 Å². The van der Waals surface area contributed by atoms with Crippen LogP contribution in [-0.4, -0.2) is 65.5 Å². The number of hydrogen-bond donors (Lipinski definition) is 2. The molecule has 2 saturated heterocycles. The molecule has 0 radical (unpaired) electrons. The van der Waals surface area contributed by atoms with E-state index in [0.29, 0.717) is 26.1 Å². The molecule has 2 fully saturated rings. The van der Waals surface area contributed by atoms with Gasteiger partial charge in [0.15, 0.2) is 0 Å². The second-order valence-corrected chi connectivity index (χ2v) is 9.41. The summed E-state index contributed by atoms with van der Waals surface area (Å²) >= 11 is 0. The molecule has 4 rings (SSSR count). The first-order valence-corrected chi connectivity index (χ1v) is 12.7. The van der Waals surface area contributed by atoms with Gasteiger partial charge in [0.25, 0.3) is 0 Å². The average molecular weight is 464 g/mol. The summed E-state index contributed by atoms with van der Waals surface area (Å²) in [5, 5.41) is 6.26. The minimum Gasteiger partial charge on any atom is -0.356 e. The van der Waals surface area contributed by atoms with Gasteiger partial charge in [-0.25, -0.2) is 4.79 Å². The smallest absolute Gasteiger partial charge is 0.317 e. The summed E-state index contributed by atoms with van der Waals surface area (Å²) < 4.78 is 0. The number of aromatic nitrogens is 1. The molecule has 2 atom stereocenters. The van der Waals surface area contributed by atoms with Crippen molar-refractivity contribution in [2.24, 2.45) is 5.92 Å². The maximum Gasteiger partial charge on any atom is 0.317 e. The molecule has 7 nitrogen and oxygen atoms in total. The van der Waals surface area contributed by atoms with Crippen molar-refractivity contribution < 1.29 is 9.59 Å². The summed E-state index contributed by atoms with van der Waals surface area (Å²) in [5.41, 5.74) is 2.40. The number of nitrogens with zero attached hydrogens (tertiary/aromatic N) is 3. The molecule has 1 aromatic heterocycles. The third kappa shape index (κ3) is 6.79. The van der Waals surface area contributed by atoms with Gasteiger partial charge in [0.1, 0.15) is 0 Å². The van der Waals surface area contributed by atoms with Crippen LogP contribution in [0.25, 0.3) is 0 Å². The first-order chi connectivity index (χ1) is 16.7. The number of piperidine rings is 1. The van der Waals surface area contributed by atoms with Crippen LogP contribution in [0.5, 0.6) is 0 Å². The van der Waals surface area contributed by atoms with Crippen LogP contribution in [0.1, 0.15) is 43.2 Å². The minimum absolute atomic E-state index is 0.000103. The molecule has 0 unspecified atom stereocenters. The number of benzene rings is 1. The van der Waals surface area contributed by atoms with Gasteiger partial charge in [0.2, 0.25) is 5.91 Å². The lowest BCUT2D eigenvalue weighted by molar-refractivity contribution is -0.129. The average Bonchev–Trinajstić information content (AvgIpc) is 2.90. The first-order valence-electron chi connectivity index (χ1n) is 12.7. The first kappa shape index (κ1) is 24.2. The Kier molecular flexibility index (Phi) is 8.90. The van der Waals surface area contributed by atoms with Crippen molar-refractivity contribution in [3.63, 3.8) is 0 Å². The van der Waals surface area contributed by atoms with Crippen LogP contribution in [0, 0.1) is 5.92 Å². The van der Waals surface area contributed by atoms with E-state index in [9.17, 15) is 9.59 Å². The van der Waals surface area contributed by atoms with Gasteiger partial charge in [-0.15, -0.1) is 0 Å². The van der Waals surface area contributed by atoms with Crippen molar-refractivity contribution >= 4 is 11.9 Å². The van der Waals surface area contributed by atoms with Crippen molar-refractivity contribution in [1.29, 1.82) is 0 Å². The van der Waals surface area contributed by atoms with Crippen LogP contribution < -0.4 is 10.6 Å². The number of urea groups is 1. The number of amides is 3. The molecule has 2 N–H and O–H groups in total. The molecular weight excluding hydrogens is 426 g/mol. The summed E-state index contributed by atoms with van der Waals surface area (Å²) in [4.78, 5) is 34.6. The Bertz CT molecular complexity index is 908. The lowest BCUT2D eigenvalue weighted by Crippen LogP contribution is -2.59. The Labute approximate surface area is 202 Å². The number of pyridine rings is 1. The highest BCUT2D eigenvalue weighted by atomic mass is 16.2. The van der Waals surface area contributed by atoms with Crippen molar-refractivity contribution in [3.8, 4) is 0 Å². The molecule has 182 valence electrons. The molecule has 0 bridgehead atoms. The number of hydrogen-bond acceptors (Lipinski definition) is 4. The van der Waals surface area contributed by atoms with Gasteiger partial charge in [0.05, 0.1) is 5.92 Å². The highest BCUT2D eigenvalue weighted by Crippen LogP contribution is 2.26. The summed E-state index contributed by atoms with van der Waals surface area (Å²) in [6, 6.07) is 14.2. The lowest BCUT2D eigenvalue weighted by Gasteiger charge is -2.43. The monoisotopic (exact) mass is 463 g/mol. The van der Waals surface area contributed by atoms with Crippen molar-refractivity contribution in [2.45, 2.75) is 51.1 Å². The SMILES string of the molecule is O=C1NCCCCCCN(Cc2ccncc2)[C@@H]2CN(C(=O)NCCc3ccccc3)CC[C@@H]12. The number of carbonyl (C=O) groups is 2. The van der Waals surface area contributed by atoms with Crippen LogP contribution in [0.3, 0.4) is 0 Å². The van der Waals surface area contributed by atoms with Gasteiger partial charge in [-0.1, -0.05) is 43.2 Å². The number of carbonyl (C=O) groups excluding carboxylic acids is 2. The molecule has 3 heterocycles. The molecule has 34 heavy (non-hydrogen) atoms. The zero-order chi connectivity index (χ0) is 23.6. The molecule has 3 amide bonds. The largest absolute Gasteiger partial charge is 0.356 e. The number of nitrogens with one attached hydrogen (secondary N) is 2. The summed E-state index contributed by atoms with van der Waals surface area (Å²) in [6.07, 6.45) is 9.56. The number of fused-ring (bicyclic) bond motifs is 1. The van der Waals surface area contributed by atoms with Gasteiger partial charge < -0.3 is 15.5 Å². The van der Waals surface area contributed by atoms with Gasteiger partial charge in [-0.05, 0) is 55.5 Å². The van der Waals surface area contributed by atoms with Gasteiger partial charge >= 0.3 is 6.03 Å². The quantitative estimate of drug-likeness (QED) is 0.714. The Morgan fingerprint density at radius 2 is 1.79 bits per heavy atom. The van der Waals surface area contributed by atoms with Crippen LogP contribution >= 0.6 is 0 Å². The zero-order valence-electron chi connectivity index (χ0n) is 20.0. The molecule has 1 aromatic carbocycles. The minimum atomic E-state index is -0.103. The van der Waals surface area contributed by atoms with E-state index in [0.717, 1.165) is 51.7 Å². The summed E-state index contributed by atoms with van der Waals surface area (Å²) in [7, 11) is 0. The Hall–Kier alpha value is -2.93. The fourth-order valence-electron chi connectivity index (χ4n) is 5.08. The topological polar surface area (TPSA) is 77.6 Å². The summed E-state index contributed by atoms with van der Waals surface area (Å²) in [5.74, 6) is 0.0315. The normalized spacial score (nSPS) is 22.2. The molecule has 7 heteroatoms. The third-order valence-electron chi connectivity index (χ3n) is 7.01. The van der Waals surface area contributed by atoms with E-state index in [1.807, 2.05) is 47.6 Å². The van der Waals surface area contributed by atoms with Crippen molar-refractivity contribution in [1.82, 2.24) is 25.4 Å². The maximum absolute atomic E-state index is 13.1. The third-order valence-corrected chi connectivity index (χ3v) is 7.01. The molecule has 2 aliphatic heterocycles. The van der Waals surface area contributed by atoms with Gasteiger partial charge in [-0.3, -0.25) is 14.7 Å². The van der Waals surface area contributed by atoms with E-state index in [1.54, 1.807) is 0 Å². The molecule has 0 aliphatic carbocycles. The Morgan fingerprint density at radius 3 is 2.62 bits per heavy atom.